The van der Waals surface area contributed by atoms with Crippen LogP contribution < -0.4 is 20.3 Å². The number of H-pyrrole nitrogens is 1. The van der Waals surface area contributed by atoms with Crippen LogP contribution in [0.2, 0.25) is 0 Å². The number of likely N-dealkylation sites (N-methyl/N-ethyl adjacent to an activating group) is 1. The number of nitrogens with zero attached hydrogens (tertiary/aromatic N) is 5. The van der Waals surface area contributed by atoms with Gasteiger partial charge in [-0.15, -0.1) is 0 Å². The van der Waals surface area contributed by atoms with Gasteiger partial charge in [0.15, 0.2) is 5.82 Å². The molecule has 0 amide bonds. The number of aromatic amines is 1. The molecule has 6 rings (SSSR count). The summed E-state index contributed by atoms with van der Waals surface area (Å²) in [7, 11) is 1.46. The predicted octanol–water partition coefficient (Wildman–Crippen LogP) is 4.77. The minimum atomic E-state index is -2.49. The Bertz CT molecular complexity index is 1580. The molecule has 42 heavy (non-hydrogen) atoms. The maximum absolute atomic E-state index is 13.0. The van der Waals surface area contributed by atoms with Crippen LogP contribution in [0, 0.1) is 0 Å². The first kappa shape index (κ1) is 28.7. The average molecular weight is 588 g/mol. The van der Waals surface area contributed by atoms with E-state index in [4.69, 9.17) is 14.7 Å². The van der Waals surface area contributed by atoms with Crippen molar-refractivity contribution in [2.75, 3.05) is 77.0 Å². The van der Waals surface area contributed by atoms with Gasteiger partial charge in [-0.2, -0.15) is 0 Å². The van der Waals surface area contributed by atoms with Crippen molar-refractivity contribution >= 4 is 40.7 Å². The first-order valence-electron chi connectivity index (χ1n) is 14.9. The van der Waals surface area contributed by atoms with Crippen LogP contribution in [0.15, 0.2) is 54.7 Å². The lowest BCUT2D eigenvalue weighted by Gasteiger charge is -2.42. The number of ether oxygens (including phenoxy) is 1. The van der Waals surface area contributed by atoms with Crippen LogP contribution in [0.25, 0.3) is 11.0 Å². The summed E-state index contributed by atoms with van der Waals surface area (Å²) in [5.74, 6) is 2.21. The fourth-order valence-electron chi connectivity index (χ4n) is 6.26. The quantitative estimate of drug-likeness (QED) is 0.285. The van der Waals surface area contributed by atoms with Gasteiger partial charge in [-0.05, 0) is 57.5 Å². The maximum atomic E-state index is 13.0. The minimum absolute atomic E-state index is 0.534. The molecule has 10 heteroatoms. The molecule has 222 valence electrons. The number of anilines is 3. The van der Waals surface area contributed by atoms with E-state index in [9.17, 15) is 4.57 Å². The van der Waals surface area contributed by atoms with Crippen LogP contribution in [0.5, 0.6) is 5.75 Å². The van der Waals surface area contributed by atoms with Crippen molar-refractivity contribution in [2.24, 2.45) is 0 Å². The van der Waals surface area contributed by atoms with E-state index in [1.165, 1.54) is 44.7 Å². The third-order valence-corrected chi connectivity index (χ3v) is 10.2. The van der Waals surface area contributed by atoms with Gasteiger partial charge in [-0.3, -0.25) is 4.90 Å². The lowest BCUT2D eigenvalue weighted by Crippen LogP contribution is -2.52. The monoisotopic (exact) mass is 587 g/mol. The highest BCUT2D eigenvalue weighted by atomic mass is 31.2. The molecule has 2 aromatic heterocycles. The number of benzene rings is 2. The largest absolute Gasteiger partial charge is 0.496 e. The summed E-state index contributed by atoms with van der Waals surface area (Å²) in [6, 6.07) is 16.9. The Hall–Kier alpha value is -3.39. The van der Waals surface area contributed by atoms with Crippen molar-refractivity contribution in [1.29, 1.82) is 0 Å². The summed E-state index contributed by atoms with van der Waals surface area (Å²) >= 11 is 0. The zero-order valence-electron chi connectivity index (χ0n) is 25.1. The second kappa shape index (κ2) is 12.1. The van der Waals surface area contributed by atoms with E-state index in [-0.39, 0.29) is 0 Å². The van der Waals surface area contributed by atoms with E-state index in [0.29, 0.717) is 24.1 Å². The third-order valence-electron chi connectivity index (χ3n) is 8.69. The van der Waals surface area contributed by atoms with Crippen molar-refractivity contribution in [3.8, 4) is 5.75 Å². The number of hydrogen-bond donors (Lipinski definition) is 2. The smallest absolute Gasteiger partial charge is 0.158 e. The molecular formula is C32H42N7O2P. The number of aromatic nitrogens is 3. The Morgan fingerprint density at radius 3 is 2.50 bits per heavy atom. The van der Waals surface area contributed by atoms with Crippen LogP contribution in [0.1, 0.15) is 24.2 Å². The molecule has 0 bridgehead atoms. The van der Waals surface area contributed by atoms with Crippen molar-refractivity contribution in [1.82, 2.24) is 24.8 Å². The molecular weight excluding hydrogens is 545 g/mol. The molecule has 9 nitrogen and oxygen atoms in total. The number of rotatable bonds is 8. The Morgan fingerprint density at radius 1 is 1.00 bits per heavy atom. The van der Waals surface area contributed by atoms with Crippen LogP contribution in [0.4, 0.5) is 17.2 Å². The van der Waals surface area contributed by atoms with Gasteiger partial charge in [0.1, 0.15) is 24.2 Å². The lowest BCUT2D eigenvalue weighted by atomic mass is 10.0. The molecule has 0 aliphatic carbocycles. The molecule has 2 aromatic carbocycles. The highest BCUT2D eigenvalue weighted by molar-refractivity contribution is 7.70. The highest BCUT2D eigenvalue weighted by Gasteiger charge is 2.27. The van der Waals surface area contributed by atoms with E-state index in [1.807, 2.05) is 36.5 Å². The summed E-state index contributed by atoms with van der Waals surface area (Å²) < 4.78 is 18.8. The topological polar surface area (TPSA) is 89.6 Å². The minimum Gasteiger partial charge on any atom is -0.496 e. The summed E-state index contributed by atoms with van der Waals surface area (Å²) in [4.78, 5) is 20.6. The van der Waals surface area contributed by atoms with Gasteiger partial charge in [-0.1, -0.05) is 18.2 Å². The summed E-state index contributed by atoms with van der Waals surface area (Å²) in [5.41, 5.74) is 4.69. The van der Waals surface area contributed by atoms with Crippen molar-refractivity contribution in [3.05, 3.63) is 66.1 Å². The average Bonchev–Trinajstić information content (AvgIpc) is 3.47. The van der Waals surface area contributed by atoms with E-state index in [2.05, 4.69) is 50.2 Å². The Kier molecular flexibility index (Phi) is 8.26. The Morgan fingerprint density at radius 2 is 1.76 bits per heavy atom. The van der Waals surface area contributed by atoms with Crippen molar-refractivity contribution in [2.45, 2.75) is 25.3 Å². The summed E-state index contributed by atoms with van der Waals surface area (Å²) in [6.07, 6.45) is 4.80. The molecule has 0 spiro atoms. The van der Waals surface area contributed by atoms with Gasteiger partial charge >= 0.3 is 0 Å². The molecule has 0 saturated carbocycles. The second-order valence-corrected chi connectivity index (χ2v) is 15.1. The number of hydrogen-bond acceptors (Lipinski definition) is 8. The SMILES string of the molecule is COc1cc(N2CCC(N3CCN(C)CC3)CC2)ccc1Cc1nc(Nc2ccccc2P(C)(C)=O)c2[nH]ccc2n1. The number of piperidine rings is 1. The molecule has 2 saturated heterocycles. The molecule has 0 atom stereocenters. The molecule has 2 N–H and O–H groups in total. The van der Waals surface area contributed by atoms with Gasteiger partial charge in [0.2, 0.25) is 0 Å². The fraction of sp³-hybridized carbons (Fsp3) is 0.438. The van der Waals surface area contributed by atoms with Gasteiger partial charge < -0.3 is 29.4 Å². The summed E-state index contributed by atoms with van der Waals surface area (Å²) in [5, 5.41) is 4.25. The van der Waals surface area contributed by atoms with E-state index in [0.717, 1.165) is 46.4 Å². The molecule has 4 aromatic rings. The first-order valence-corrected chi connectivity index (χ1v) is 17.5. The number of methoxy groups -OCH3 is 1. The number of nitrogens with one attached hydrogen (secondary N) is 2. The lowest BCUT2D eigenvalue weighted by molar-refractivity contribution is 0.0982. The van der Waals surface area contributed by atoms with Gasteiger partial charge in [0.05, 0.1) is 18.3 Å². The Labute approximate surface area is 248 Å². The molecule has 0 unspecified atom stereocenters. The van der Waals surface area contributed by atoms with E-state index in [1.54, 1.807) is 20.4 Å². The Balaban J connectivity index is 1.19. The molecule has 0 radical (unpaired) electrons. The standard InChI is InChI=1S/C32H42N7O2P/c1-37-17-19-39(20-18-37)24-12-15-38(16-13-24)25-10-9-23(28(22-25)41-2)21-30-34-27-11-14-33-31(27)32(36-30)35-26-7-5-6-8-29(26)42(3,4)40/h5-11,14,22,24,33H,12-13,15-21H2,1-4H3,(H,34,35,36). The number of fused-ring (bicyclic) bond motifs is 1. The van der Waals surface area contributed by atoms with Crippen molar-refractivity contribution in [3.63, 3.8) is 0 Å². The van der Waals surface area contributed by atoms with E-state index < -0.39 is 7.14 Å². The number of piperazine rings is 1. The summed E-state index contributed by atoms with van der Waals surface area (Å²) in [6.45, 7) is 10.4. The second-order valence-electron chi connectivity index (χ2n) is 11.9. The maximum Gasteiger partial charge on any atom is 0.158 e. The fourth-order valence-corrected chi connectivity index (χ4v) is 7.42. The van der Waals surface area contributed by atoms with E-state index >= 15 is 0 Å². The predicted molar refractivity (Wildman–Crippen MR) is 173 cm³/mol. The zero-order chi connectivity index (χ0) is 29.3. The number of para-hydroxylation sites is 1. The highest BCUT2D eigenvalue weighted by Crippen LogP contribution is 2.38. The van der Waals surface area contributed by atoms with Crippen LogP contribution >= 0.6 is 7.14 Å². The zero-order valence-corrected chi connectivity index (χ0v) is 26.0. The molecule has 2 fully saturated rings. The third kappa shape index (κ3) is 6.19. The van der Waals surface area contributed by atoms with Crippen molar-refractivity contribution < 1.29 is 9.30 Å². The van der Waals surface area contributed by atoms with Gasteiger partial charge in [0.25, 0.3) is 0 Å². The molecule has 2 aliphatic heterocycles. The first-order chi connectivity index (χ1) is 20.3. The van der Waals surface area contributed by atoms with Gasteiger partial charge in [-0.25, -0.2) is 9.97 Å². The van der Waals surface area contributed by atoms with Crippen LogP contribution in [0.3, 0.4) is 0 Å². The van der Waals surface area contributed by atoms with Crippen LogP contribution in [-0.4, -0.2) is 97.5 Å². The molecule has 4 heterocycles. The van der Waals surface area contributed by atoms with Crippen LogP contribution in [-0.2, 0) is 11.0 Å². The molecule has 2 aliphatic rings. The van der Waals surface area contributed by atoms with Gasteiger partial charge in [0, 0.05) is 80.5 Å². The normalized spacial score (nSPS) is 17.6.